The molecule has 1 aliphatic heterocycles. The van der Waals surface area contributed by atoms with Crippen LogP contribution in [0.3, 0.4) is 0 Å². The lowest BCUT2D eigenvalue weighted by molar-refractivity contribution is -0.129. The summed E-state index contributed by atoms with van der Waals surface area (Å²) in [5.74, 6) is -1.21. The summed E-state index contributed by atoms with van der Waals surface area (Å²) in [4.78, 5) is 38.2. The molecule has 1 aromatic heterocycles. The summed E-state index contributed by atoms with van der Waals surface area (Å²) in [7, 11) is 0. The topological polar surface area (TPSA) is 78.5 Å². The average molecular weight is 343 g/mol. The first kappa shape index (κ1) is 16.2. The number of rotatable bonds is 4. The number of hydrogen-bond acceptors (Lipinski definition) is 4. The molecule has 0 bridgehead atoms. The summed E-state index contributed by atoms with van der Waals surface area (Å²) in [5, 5.41) is 1.79. The number of likely N-dealkylation sites (tertiary alicyclic amines) is 1. The molecule has 2 N–H and O–H groups in total. The van der Waals surface area contributed by atoms with Gasteiger partial charge in [-0.05, 0) is 17.0 Å². The Balaban J connectivity index is 1.51. The van der Waals surface area contributed by atoms with Crippen molar-refractivity contribution >= 4 is 29.1 Å². The molecule has 124 valence electrons. The second kappa shape index (κ2) is 7.27. The molecular formula is C17H17N3O3S. The Morgan fingerprint density at radius 1 is 1.12 bits per heavy atom. The Labute approximate surface area is 143 Å². The minimum Gasteiger partial charge on any atom is -0.338 e. The number of amides is 3. The monoisotopic (exact) mass is 343 g/mol. The van der Waals surface area contributed by atoms with E-state index >= 15 is 0 Å². The highest BCUT2D eigenvalue weighted by Crippen LogP contribution is 2.20. The molecule has 3 rings (SSSR count). The van der Waals surface area contributed by atoms with Crippen LogP contribution in [0, 0.1) is 5.92 Å². The van der Waals surface area contributed by atoms with Crippen LogP contribution < -0.4 is 10.9 Å². The van der Waals surface area contributed by atoms with Gasteiger partial charge in [-0.1, -0.05) is 36.4 Å². The standard InChI is InChI=1S/C17H17N3O3S/c21-15-9-13(11-20(15)10-12-5-2-1-3-6-12)16(22)18-19-17(23)14-7-4-8-24-14/h1-8,13H,9-11H2,(H,18,22)(H,19,23)/t13-/m0/s1. The van der Waals surface area contributed by atoms with E-state index in [0.29, 0.717) is 18.0 Å². The van der Waals surface area contributed by atoms with Gasteiger partial charge >= 0.3 is 0 Å². The number of thiophene rings is 1. The van der Waals surface area contributed by atoms with E-state index in [2.05, 4.69) is 10.9 Å². The van der Waals surface area contributed by atoms with E-state index < -0.39 is 5.92 Å². The van der Waals surface area contributed by atoms with E-state index in [4.69, 9.17) is 0 Å². The zero-order valence-electron chi connectivity index (χ0n) is 12.9. The van der Waals surface area contributed by atoms with Crippen LogP contribution in [0.15, 0.2) is 47.8 Å². The van der Waals surface area contributed by atoms with Crippen molar-refractivity contribution in [3.63, 3.8) is 0 Å². The van der Waals surface area contributed by atoms with Gasteiger partial charge in [0.15, 0.2) is 0 Å². The third-order valence-corrected chi connectivity index (χ3v) is 4.71. The highest BCUT2D eigenvalue weighted by Gasteiger charge is 2.34. The molecule has 2 aromatic rings. The van der Waals surface area contributed by atoms with Crippen LogP contribution in [-0.2, 0) is 16.1 Å². The number of carbonyl (C=O) groups excluding carboxylic acids is 3. The summed E-state index contributed by atoms with van der Waals surface area (Å²) in [6, 6.07) is 13.1. The van der Waals surface area contributed by atoms with Crippen molar-refractivity contribution in [1.82, 2.24) is 15.8 Å². The lowest BCUT2D eigenvalue weighted by Crippen LogP contribution is -2.44. The molecule has 1 fully saturated rings. The average Bonchev–Trinajstić information content (AvgIpc) is 3.24. The second-order valence-corrected chi connectivity index (χ2v) is 6.53. The first-order valence-electron chi connectivity index (χ1n) is 7.59. The fraction of sp³-hybridized carbons (Fsp3) is 0.235. The van der Waals surface area contributed by atoms with Gasteiger partial charge in [-0.15, -0.1) is 11.3 Å². The van der Waals surface area contributed by atoms with Crippen molar-refractivity contribution in [2.75, 3.05) is 6.54 Å². The van der Waals surface area contributed by atoms with Crippen LogP contribution in [0.1, 0.15) is 21.7 Å². The van der Waals surface area contributed by atoms with E-state index in [9.17, 15) is 14.4 Å². The number of hydrogen-bond donors (Lipinski definition) is 2. The quantitative estimate of drug-likeness (QED) is 0.827. The van der Waals surface area contributed by atoms with Gasteiger partial charge in [0.25, 0.3) is 5.91 Å². The molecule has 0 aliphatic carbocycles. The molecule has 7 heteroatoms. The third-order valence-electron chi connectivity index (χ3n) is 3.85. The Morgan fingerprint density at radius 2 is 1.92 bits per heavy atom. The number of nitrogens with one attached hydrogen (secondary N) is 2. The van der Waals surface area contributed by atoms with Crippen LogP contribution in [-0.4, -0.2) is 29.2 Å². The predicted octanol–water partition coefficient (Wildman–Crippen LogP) is 1.56. The van der Waals surface area contributed by atoms with Crippen molar-refractivity contribution in [3.05, 3.63) is 58.3 Å². The first-order chi connectivity index (χ1) is 11.6. The molecule has 0 unspecified atom stereocenters. The minimum atomic E-state index is -0.454. The van der Waals surface area contributed by atoms with Crippen LogP contribution in [0.5, 0.6) is 0 Å². The summed E-state index contributed by atoms with van der Waals surface area (Å²) in [6.07, 6.45) is 0.160. The lowest BCUT2D eigenvalue weighted by Gasteiger charge is -2.16. The van der Waals surface area contributed by atoms with Crippen LogP contribution in [0.2, 0.25) is 0 Å². The Bertz CT molecular complexity index is 731. The molecule has 0 spiro atoms. The van der Waals surface area contributed by atoms with Crippen LogP contribution in [0.25, 0.3) is 0 Å². The fourth-order valence-electron chi connectivity index (χ4n) is 2.59. The molecular weight excluding hydrogens is 326 g/mol. The molecule has 1 atom stereocenters. The van der Waals surface area contributed by atoms with Crippen molar-refractivity contribution in [3.8, 4) is 0 Å². The fourth-order valence-corrected chi connectivity index (χ4v) is 3.21. The molecule has 1 saturated heterocycles. The first-order valence-corrected chi connectivity index (χ1v) is 8.47. The van der Waals surface area contributed by atoms with Crippen LogP contribution in [0.4, 0.5) is 0 Å². The van der Waals surface area contributed by atoms with Crippen molar-refractivity contribution in [2.24, 2.45) is 5.92 Å². The van der Waals surface area contributed by atoms with Gasteiger partial charge in [-0.25, -0.2) is 0 Å². The molecule has 6 nitrogen and oxygen atoms in total. The SMILES string of the molecule is O=C(NNC(=O)[C@H]1CC(=O)N(Cc2ccccc2)C1)c1cccs1. The largest absolute Gasteiger partial charge is 0.338 e. The normalized spacial score (nSPS) is 16.9. The highest BCUT2D eigenvalue weighted by atomic mass is 32.1. The van der Waals surface area contributed by atoms with Crippen molar-refractivity contribution < 1.29 is 14.4 Å². The van der Waals surface area contributed by atoms with Gasteiger partial charge in [-0.2, -0.15) is 0 Å². The summed E-state index contributed by atoms with van der Waals surface area (Å²) in [5.41, 5.74) is 5.82. The Hall–Kier alpha value is -2.67. The third kappa shape index (κ3) is 3.80. The van der Waals surface area contributed by atoms with E-state index in [1.807, 2.05) is 30.3 Å². The molecule has 1 aromatic carbocycles. The molecule has 0 radical (unpaired) electrons. The maximum atomic E-state index is 12.2. The summed E-state index contributed by atoms with van der Waals surface area (Å²) < 4.78 is 0. The number of carbonyl (C=O) groups is 3. The van der Waals surface area contributed by atoms with Crippen molar-refractivity contribution in [2.45, 2.75) is 13.0 Å². The predicted molar refractivity (Wildman–Crippen MR) is 89.9 cm³/mol. The summed E-state index contributed by atoms with van der Waals surface area (Å²) >= 11 is 1.29. The summed E-state index contributed by atoms with van der Waals surface area (Å²) in [6.45, 7) is 0.847. The van der Waals surface area contributed by atoms with Gasteiger partial charge in [0.2, 0.25) is 11.8 Å². The maximum Gasteiger partial charge on any atom is 0.279 e. The van der Waals surface area contributed by atoms with Gasteiger partial charge in [0.1, 0.15) is 0 Å². The van der Waals surface area contributed by atoms with Crippen LogP contribution >= 0.6 is 11.3 Å². The molecule has 0 saturated carbocycles. The number of nitrogens with zero attached hydrogens (tertiary/aromatic N) is 1. The molecule has 1 aliphatic rings. The van der Waals surface area contributed by atoms with E-state index in [-0.39, 0.29) is 24.1 Å². The van der Waals surface area contributed by atoms with Crippen molar-refractivity contribution in [1.29, 1.82) is 0 Å². The van der Waals surface area contributed by atoms with Gasteiger partial charge in [-0.3, -0.25) is 25.2 Å². The Morgan fingerprint density at radius 3 is 2.62 bits per heavy atom. The second-order valence-electron chi connectivity index (χ2n) is 5.58. The zero-order valence-corrected chi connectivity index (χ0v) is 13.7. The Kier molecular flexibility index (Phi) is 4.90. The van der Waals surface area contributed by atoms with Gasteiger partial charge in [0.05, 0.1) is 10.8 Å². The molecule has 3 amide bonds. The zero-order chi connectivity index (χ0) is 16.9. The molecule has 2 heterocycles. The van der Waals surface area contributed by atoms with Gasteiger partial charge in [0, 0.05) is 19.5 Å². The minimum absolute atomic E-state index is 0.0522. The number of hydrazine groups is 1. The van der Waals surface area contributed by atoms with E-state index in [1.54, 1.807) is 22.4 Å². The smallest absolute Gasteiger partial charge is 0.279 e. The lowest BCUT2D eigenvalue weighted by atomic mass is 10.1. The molecule has 24 heavy (non-hydrogen) atoms. The van der Waals surface area contributed by atoms with E-state index in [0.717, 1.165) is 5.56 Å². The van der Waals surface area contributed by atoms with Gasteiger partial charge < -0.3 is 4.90 Å². The maximum absolute atomic E-state index is 12.2. The van der Waals surface area contributed by atoms with E-state index in [1.165, 1.54) is 11.3 Å². The number of benzene rings is 1. The highest BCUT2D eigenvalue weighted by molar-refractivity contribution is 7.12.